The summed E-state index contributed by atoms with van der Waals surface area (Å²) in [4.78, 5) is 12.6. The summed E-state index contributed by atoms with van der Waals surface area (Å²) < 4.78 is 32.7. The zero-order chi connectivity index (χ0) is 22.4. The number of nitrogens with zero attached hydrogens (tertiary/aromatic N) is 2. The highest BCUT2D eigenvalue weighted by molar-refractivity contribution is 7.92. The van der Waals surface area contributed by atoms with Crippen molar-refractivity contribution < 1.29 is 17.9 Å². The molecule has 1 N–H and O–H groups in total. The minimum Gasteiger partial charge on any atom is -0.481 e. The van der Waals surface area contributed by atoms with Gasteiger partial charge in [0, 0.05) is 12.7 Å². The number of ether oxygens (including phenoxy) is 1. The number of nitriles is 1. The maximum Gasteiger partial charge on any atom is 0.265 e. The average Bonchev–Trinajstić information content (AvgIpc) is 2.79. The molecular weight excluding hydrogens is 414 g/mol. The second-order valence-electron chi connectivity index (χ2n) is 6.72. The molecule has 3 aromatic rings. The molecule has 0 aliphatic heterocycles. The maximum absolute atomic E-state index is 13.0. The lowest BCUT2D eigenvalue weighted by atomic mass is 10.2. The smallest absolute Gasteiger partial charge is 0.265 e. The minimum absolute atomic E-state index is 0.0531. The lowest BCUT2D eigenvalue weighted by Crippen LogP contribution is -2.30. The SMILES string of the molecule is CC(Oc1ccc(C#N)cc1)C(=O)Nc1cccc(S(=O)(=O)N(C)c2ccccc2)c1. The van der Waals surface area contributed by atoms with E-state index in [1.807, 2.05) is 6.07 Å². The number of nitrogens with one attached hydrogen (secondary N) is 1. The summed E-state index contributed by atoms with van der Waals surface area (Å²) in [6, 6.07) is 23.2. The molecule has 31 heavy (non-hydrogen) atoms. The normalized spacial score (nSPS) is 11.8. The van der Waals surface area contributed by atoms with Crippen molar-refractivity contribution in [2.75, 3.05) is 16.7 Å². The Kier molecular flexibility index (Phi) is 6.58. The van der Waals surface area contributed by atoms with Gasteiger partial charge in [0.05, 0.1) is 22.2 Å². The Labute approximate surface area is 181 Å². The molecule has 0 fully saturated rings. The number of para-hydroxylation sites is 1. The highest BCUT2D eigenvalue weighted by atomic mass is 32.2. The van der Waals surface area contributed by atoms with Crippen LogP contribution in [-0.4, -0.2) is 27.5 Å². The van der Waals surface area contributed by atoms with Crippen LogP contribution in [0.3, 0.4) is 0 Å². The van der Waals surface area contributed by atoms with Gasteiger partial charge in [0.2, 0.25) is 0 Å². The first-order valence-corrected chi connectivity index (χ1v) is 10.9. The molecule has 1 atom stereocenters. The Morgan fingerprint density at radius 1 is 1.03 bits per heavy atom. The van der Waals surface area contributed by atoms with Crippen molar-refractivity contribution in [1.82, 2.24) is 0 Å². The molecule has 0 heterocycles. The Hall–Kier alpha value is -3.83. The molecule has 0 saturated heterocycles. The standard InChI is InChI=1S/C23H21N3O4S/c1-17(30-21-13-11-18(16-24)12-14-21)23(27)25-19-7-6-10-22(15-19)31(28,29)26(2)20-8-4-3-5-9-20/h3-15,17H,1-2H3,(H,25,27). The van der Waals surface area contributed by atoms with Crippen LogP contribution in [0.4, 0.5) is 11.4 Å². The van der Waals surface area contributed by atoms with Gasteiger partial charge in [0.1, 0.15) is 5.75 Å². The van der Waals surface area contributed by atoms with Gasteiger partial charge in [0.15, 0.2) is 6.10 Å². The predicted molar refractivity (Wildman–Crippen MR) is 118 cm³/mol. The van der Waals surface area contributed by atoms with Gasteiger partial charge in [0.25, 0.3) is 15.9 Å². The summed E-state index contributed by atoms with van der Waals surface area (Å²) in [5.41, 5.74) is 1.35. The van der Waals surface area contributed by atoms with E-state index in [-0.39, 0.29) is 4.90 Å². The van der Waals surface area contributed by atoms with E-state index in [0.717, 1.165) is 0 Å². The van der Waals surface area contributed by atoms with Gasteiger partial charge in [-0.2, -0.15) is 5.26 Å². The summed E-state index contributed by atoms with van der Waals surface area (Å²) in [7, 11) is -2.33. The monoisotopic (exact) mass is 435 g/mol. The first-order chi connectivity index (χ1) is 14.8. The van der Waals surface area contributed by atoms with Crippen molar-refractivity contribution in [1.29, 1.82) is 5.26 Å². The highest BCUT2D eigenvalue weighted by Crippen LogP contribution is 2.24. The number of carbonyl (C=O) groups is 1. The zero-order valence-electron chi connectivity index (χ0n) is 17.0. The van der Waals surface area contributed by atoms with Gasteiger partial charge < -0.3 is 10.1 Å². The topological polar surface area (TPSA) is 99.5 Å². The van der Waals surface area contributed by atoms with Gasteiger partial charge in [-0.3, -0.25) is 9.10 Å². The highest BCUT2D eigenvalue weighted by Gasteiger charge is 2.22. The van der Waals surface area contributed by atoms with Crippen molar-refractivity contribution in [3.63, 3.8) is 0 Å². The van der Waals surface area contributed by atoms with Crippen molar-refractivity contribution in [2.45, 2.75) is 17.9 Å². The fourth-order valence-corrected chi connectivity index (χ4v) is 4.02. The third-order valence-electron chi connectivity index (χ3n) is 4.55. The van der Waals surface area contributed by atoms with Crippen LogP contribution in [0.5, 0.6) is 5.75 Å². The van der Waals surface area contributed by atoms with Gasteiger partial charge >= 0.3 is 0 Å². The first-order valence-electron chi connectivity index (χ1n) is 9.43. The number of amides is 1. The molecule has 3 aromatic carbocycles. The van der Waals surface area contributed by atoms with Crippen LogP contribution in [0.2, 0.25) is 0 Å². The summed E-state index contributed by atoms with van der Waals surface area (Å²) >= 11 is 0. The molecule has 0 saturated carbocycles. The number of benzene rings is 3. The third-order valence-corrected chi connectivity index (χ3v) is 6.33. The second kappa shape index (κ2) is 9.32. The predicted octanol–water partition coefficient (Wildman–Crippen LogP) is 3.79. The quantitative estimate of drug-likeness (QED) is 0.609. The van der Waals surface area contributed by atoms with Gasteiger partial charge in [-0.05, 0) is 61.5 Å². The van der Waals surface area contributed by atoms with E-state index >= 15 is 0 Å². The molecule has 0 spiro atoms. The summed E-state index contributed by atoms with van der Waals surface area (Å²) in [6.07, 6.45) is -0.833. The number of hydrogen-bond acceptors (Lipinski definition) is 5. The molecule has 8 heteroatoms. The second-order valence-corrected chi connectivity index (χ2v) is 8.69. The molecule has 158 valence electrons. The Morgan fingerprint density at radius 2 is 1.71 bits per heavy atom. The fraction of sp³-hybridized carbons (Fsp3) is 0.130. The molecule has 0 aliphatic carbocycles. The molecule has 0 radical (unpaired) electrons. The average molecular weight is 436 g/mol. The van der Waals surface area contributed by atoms with E-state index in [2.05, 4.69) is 5.32 Å². The van der Waals surface area contributed by atoms with E-state index in [1.54, 1.807) is 73.7 Å². The van der Waals surface area contributed by atoms with Crippen LogP contribution in [0.1, 0.15) is 12.5 Å². The summed E-state index contributed by atoms with van der Waals surface area (Å²) in [6.45, 7) is 1.58. The van der Waals surface area contributed by atoms with E-state index in [0.29, 0.717) is 22.7 Å². The number of hydrogen-bond donors (Lipinski definition) is 1. The number of rotatable bonds is 7. The largest absolute Gasteiger partial charge is 0.481 e. The molecule has 1 unspecified atom stereocenters. The van der Waals surface area contributed by atoms with E-state index in [9.17, 15) is 13.2 Å². The Morgan fingerprint density at radius 3 is 2.35 bits per heavy atom. The van der Waals surface area contributed by atoms with Crippen LogP contribution in [0, 0.1) is 11.3 Å². The van der Waals surface area contributed by atoms with Crippen LogP contribution in [0.15, 0.2) is 83.8 Å². The molecule has 1 amide bonds. The summed E-state index contributed by atoms with van der Waals surface area (Å²) in [5, 5.41) is 11.5. The fourth-order valence-electron chi connectivity index (χ4n) is 2.78. The number of carbonyl (C=O) groups excluding carboxylic acids is 1. The van der Waals surface area contributed by atoms with E-state index in [1.165, 1.54) is 23.5 Å². The first kappa shape index (κ1) is 21.9. The Balaban J connectivity index is 1.72. The van der Waals surface area contributed by atoms with Gasteiger partial charge in [-0.15, -0.1) is 0 Å². The number of anilines is 2. The summed E-state index contributed by atoms with van der Waals surface area (Å²) in [5.74, 6) is 0.0118. The molecule has 3 rings (SSSR count). The molecule has 0 bridgehead atoms. The Bertz CT molecular complexity index is 1200. The van der Waals surface area contributed by atoms with Gasteiger partial charge in [-0.1, -0.05) is 24.3 Å². The lowest BCUT2D eigenvalue weighted by Gasteiger charge is -2.20. The number of sulfonamides is 1. The van der Waals surface area contributed by atoms with Crippen LogP contribution in [-0.2, 0) is 14.8 Å². The van der Waals surface area contributed by atoms with Crippen molar-refractivity contribution in [3.05, 3.63) is 84.4 Å². The molecule has 0 aliphatic rings. The van der Waals surface area contributed by atoms with E-state index in [4.69, 9.17) is 10.00 Å². The van der Waals surface area contributed by atoms with E-state index < -0.39 is 22.0 Å². The van der Waals surface area contributed by atoms with Gasteiger partial charge in [-0.25, -0.2) is 8.42 Å². The lowest BCUT2D eigenvalue weighted by molar-refractivity contribution is -0.122. The molecule has 7 nitrogen and oxygen atoms in total. The van der Waals surface area contributed by atoms with Crippen LogP contribution >= 0.6 is 0 Å². The maximum atomic E-state index is 13.0. The zero-order valence-corrected chi connectivity index (χ0v) is 17.8. The van der Waals surface area contributed by atoms with Crippen LogP contribution < -0.4 is 14.4 Å². The molecule has 0 aromatic heterocycles. The third kappa shape index (κ3) is 5.21. The van der Waals surface area contributed by atoms with Crippen molar-refractivity contribution in [3.8, 4) is 11.8 Å². The molecular formula is C23H21N3O4S. The van der Waals surface area contributed by atoms with Crippen molar-refractivity contribution in [2.24, 2.45) is 0 Å². The minimum atomic E-state index is -3.80. The van der Waals surface area contributed by atoms with Crippen molar-refractivity contribution >= 4 is 27.3 Å². The van der Waals surface area contributed by atoms with Crippen LogP contribution in [0.25, 0.3) is 0 Å².